The maximum atomic E-state index is 12.2. The number of nitrogens with zero attached hydrogens (tertiary/aromatic N) is 3. The molecule has 0 unspecified atom stereocenters. The lowest BCUT2D eigenvalue weighted by Gasteiger charge is -2.07. The van der Waals surface area contributed by atoms with Gasteiger partial charge in [-0.25, -0.2) is 4.79 Å². The summed E-state index contributed by atoms with van der Waals surface area (Å²) in [5, 5.41) is 22.4. The predicted molar refractivity (Wildman–Crippen MR) is 107 cm³/mol. The molecule has 2 aromatic carbocycles. The second-order valence-corrected chi connectivity index (χ2v) is 5.87. The van der Waals surface area contributed by atoms with Gasteiger partial charge in [0.1, 0.15) is 0 Å². The number of hydrogen-bond donors (Lipinski definition) is 2. The monoisotopic (exact) mass is 387 g/mol. The van der Waals surface area contributed by atoms with Gasteiger partial charge in [-0.15, -0.1) is 10.2 Å². The van der Waals surface area contributed by atoms with E-state index in [1.165, 1.54) is 0 Å². The van der Waals surface area contributed by atoms with Crippen LogP contribution in [0.1, 0.15) is 33.3 Å². The van der Waals surface area contributed by atoms with Gasteiger partial charge in [0.25, 0.3) is 5.91 Å². The van der Waals surface area contributed by atoms with Gasteiger partial charge >= 0.3 is 5.97 Å². The zero-order valence-electron chi connectivity index (χ0n) is 15.5. The van der Waals surface area contributed by atoms with Gasteiger partial charge < -0.3 is 15.4 Å². The molecule has 8 heteroatoms. The summed E-state index contributed by atoms with van der Waals surface area (Å²) in [6.45, 7) is 2.07. The molecule has 1 aromatic heterocycles. The molecule has 2 N–H and O–H groups in total. The summed E-state index contributed by atoms with van der Waals surface area (Å²) in [6, 6.07) is 18.4. The normalized spacial score (nSPS) is 9.93. The molecule has 0 fully saturated rings. The van der Waals surface area contributed by atoms with Gasteiger partial charge in [0, 0.05) is 11.4 Å². The third-order valence-corrected chi connectivity index (χ3v) is 3.84. The Morgan fingerprint density at radius 3 is 2.24 bits per heavy atom. The Bertz CT molecular complexity index is 1040. The molecular formula is C21H17N5O3. The number of nitriles is 1. The van der Waals surface area contributed by atoms with Crippen molar-refractivity contribution in [3.63, 3.8) is 0 Å². The molecule has 0 bridgehead atoms. The lowest BCUT2D eigenvalue weighted by atomic mass is 10.2. The number of carbonyl (C=O) groups excluding carboxylic acids is 2. The maximum absolute atomic E-state index is 12.2. The third kappa shape index (κ3) is 5.14. The lowest BCUT2D eigenvalue weighted by molar-refractivity contribution is 0.0526. The Balaban J connectivity index is 1.61. The first-order valence-electron chi connectivity index (χ1n) is 8.78. The summed E-state index contributed by atoms with van der Waals surface area (Å²) in [4.78, 5) is 23.9. The van der Waals surface area contributed by atoms with Crippen molar-refractivity contribution >= 4 is 29.1 Å². The summed E-state index contributed by atoms with van der Waals surface area (Å²) < 4.78 is 4.94. The largest absolute Gasteiger partial charge is 0.462 e. The van der Waals surface area contributed by atoms with E-state index < -0.39 is 5.91 Å². The summed E-state index contributed by atoms with van der Waals surface area (Å²) in [5.41, 5.74) is 2.38. The van der Waals surface area contributed by atoms with Crippen LogP contribution in [0.3, 0.4) is 0 Å². The van der Waals surface area contributed by atoms with Crippen LogP contribution < -0.4 is 10.6 Å². The van der Waals surface area contributed by atoms with Crippen LogP contribution in [0.2, 0.25) is 0 Å². The first-order valence-corrected chi connectivity index (χ1v) is 8.78. The molecule has 0 radical (unpaired) electrons. The van der Waals surface area contributed by atoms with Gasteiger partial charge in [-0.1, -0.05) is 0 Å². The predicted octanol–water partition coefficient (Wildman–Crippen LogP) is 3.52. The van der Waals surface area contributed by atoms with E-state index >= 15 is 0 Å². The second kappa shape index (κ2) is 9.10. The van der Waals surface area contributed by atoms with Crippen molar-refractivity contribution in [2.45, 2.75) is 6.92 Å². The summed E-state index contributed by atoms with van der Waals surface area (Å²) >= 11 is 0. The molecule has 8 nitrogen and oxygen atoms in total. The molecule has 3 rings (SSSR count). The summed E-state index contributed by atoms with van der Waals surface area (Å²) in [5.74, 6) is -0.340. The fraction of sp³-hybridized carbons (Fsp3) is 0.0952. The molecule has 0 spiro atoms. The molecule has 29 heavy (non-hydrogen) atoms. The smallest absolute Gasteiger partial charge is 0.338 e. The van der Waals surface area contributed by atoms with Crippen molar-refractivity contribution in [1.82, 2.24) is 10.2 Å². The van der Waals surface area contributed by atoms with Crippen molar-refractivity contribution < 1.29 is 14.3 Å². The number of amides is 1. The van der Waals surface area contributed by atoms with Gasteiger partial charge in [0.05, 0.1) is 23.8 Å². The molecule has 0 aliphatic rings. The quantitative estimate of drug-likeness (QED) is 0.621. The van der Waals surface area contributed by atoms with Gasteiger partial charge in [-0.05, 0) is 67.6 Å². The van der Waals surface area contributed by atoms with Crippen LogP contribution in [0.25, 0.3) is 0 Å². The zero-order valence-corrected chi connectivity index (χ0v) is 15.5. The highest BCUT2D eigenvalue weighted by Gasteiger charge is 2.10. The van der Waals surface area contributed by atoms with E-state index in [9.17, 15) is 9.59 Å². The highest BCUT2D eigenvalue weighted by molar-refractivity contribution is 6.02. The van der Waals surface area contributed by atoms with E-state index in [0.29, 0.717) is 34.9 Å². The van der Waals surface area contributed by atoms with Crippen LogP contribution in [0.4, 0.5) is 17.2 Å². The Hall–Kier alpha value is -4.25. The van der Waals surface area contributed by atoms with Gasteiger partial charge in [-0.2, -0.15) is 5.26 Å². The first-order chi connectivity index (χ1) is 14.1. The molecule has 0 aliphatic heterocycles. The standard InChI is InChI=1S/C21H17N5O3/c1-2-29-21(28)15-5-9-16(10-6-15)23-19-12-11-18(25-26-19)20(27)24-17-7-3-14(13-22)4-8-17/h3-12H,2H2,1H3,(H,23,26)(H,24,27). The van der Waals surface area contributed by atoms with E-state index in [0.717, 1.165) is 0 Å². The molecule has 3 aromatic rings. The molecule has 1 amide bonds. The lowest BCUT2D eigenvalue weighted by Crippen LogP contribution is -2.14. The van der Waals surface area contributed by atoms with Crippen LogP contribution in [-0.2, 0) is 4.74 Å². The van der Waals surface area contributed by atoms with Crippen LogP contribution in [0.15, 0.2) is 60.7 Å². The highest BCUT2D eigenvalue weighted by Crippen LogP contribution is 2.16. The molecule has 0 saturated heterocycles. The number of carbonyl (C=O) groups is 2. The third-order valence-electron chi connectivity index (χ3n) is 3.84. The van der Waals surface area contributed by atoms with Crippen LogP contribution in [0, 0.1) is 11.3 Å². The molecule has 0 saturated carbocycles. The SMILES string of the molecule is CCOC(=O)c1ccc(Nc2ccc(C(=O)Nc3ccc(C#N)cc3)nn2)cc1. The minimum Gasteiger partial charge on any atom is -0.462 e. The van der Waals surface area contributed by atoms with E-state index in [-0.39, 0.29) is 11.7 Å². The van der Waals surface area contributed by atoms with Crippen molar-refractivity contribution in [3.8, 4) is 6.07 Å². The topological polar surface area (TPSA) is 117 Å². The molecule has 0 aliphatic carbocycles. The van der Waals surface area contributed by atoms with E-state index in [4.69, 9.17) is 10.00 Å². The van der Waals surface area contributed by atoms with Crippen molar-refractivity contribution in [1.29, 1.82) is 5.26 Å². The number of anilines is 3. The minimum absolute atomic E-state index is 0.151. The fourth-order valence-electron chi connectivity index (χ4n) is 2.40. The van der Waals surface area contributed by atoms with Gasteiger partial charge in [0.2, 0.25) is 0 Å². The summed E-state index contributed by atoms with van der Waals surface area (Å²) in [7, 11) is 0. The van der Waals surface area contributed by atoms with Crippen LogP contribution in [-0.4, -0.2) is 28.7 Å². The number of benzene rings is 2. The van der Waals surface area contributed by atoms with Crippen LogP contribution in [0.5, 0.6) is 0 Å². The highest BCUT2D eigenvalue weighted by atomic mass is 16.5. The first kappa shape index (κ1) is 19.5. The Morgan fingerprint density at radius 2 is 1.66 bits per heavy atom. The number of rotatable bonds is 6. The van der Waals surface area contributed by atoms with E-state index in [1.807, 2.05) is 6.07 Å². The zero-order chi connectivity index (χ0) is 20.6. The molecule has 144 valence electrons. The summed E-state index contributed by atoms with van der Waals surface area (Å²) in [6.07, 6.45) is 0. The van der Waals surface area contributed by atoms with Crippen molar-refractivity contribution in [2.24, 2.45) is 0 Å². The number of hydrogen-bond acceptors (Lipinski definition) is 7. The van der Waals surface area contributed by atoms with E-state index in [1.54, 1.807) is 67.6 Å². The number of esters is 1. The Labute approximate surface area is 167 Å². The van der Waals surface area contributed by atoms with Crippen LogP contribution >= 0.6 is 0 Å². The Kier molecular flexibility index (Phi) is 6.12. The van der Waals surface area contributed by atoms with Crippen molar-refractivity contribution in [2.75, 3.05) is 17.2 Å². The van der Waals surface area contributed by atoms with Crippen molar-refractivity contribution in [3.05, 3.63) is 77.5 Å². The second-order valence-electron chi connectivity index (χ2n) is 5.87. The average Bonchev–Trinajstić information content (AvgIpc) is 2.75. The molecule has 0 atom stereocenters. The number of aromatic nitrogens is 2. The number of nitrogens with one attached hydrogen (secondary N) is 2. The molecule has 1 heterocycles. The number of ether oxygens (including phenoxy) is 1. The van der Waals surface area contributed by atoms with E-state index in [2.05, 4.69) is 20.8 Å². The minimum atomic E-state index is -0.410. The maximum Gasteiger partial charge on any atom is 0.338 e. The van der Waals surface area contributed by atoms with Gasteiger partial charge in [0.15, 0.2) is 11.5 Å². The van der Waals surface area contributed by atoms with Gasteiger partial charge in [-0.3, -0.25) is 4.79 Å². The average molecular weight is 387 g/mol. The molecular weight excluding hydrogens is 370 g/mol. The fourth-order valence-corrected chi connectivity index (χ4v) is 2.40. The Morgan fingerprint density at radius 1 is 0.966 bits per heavy atom.